The average molecular weight is 728 g/mol. The molecule has 0 bridgehead atoms. The molecule has 0 saturated heterocycles. The lowest BCUT2D eigenvalue weighted by molar-refractivity contribution is -0.0438. The van der Waals surface area contributed by atoms with E-state index in [9.17, 15) is 21.6 Å². The van der Waals surface area contributed by atoms with E-state index in [1.165, 1.54) is 6.07 Å². The van der Waals surface area contributed by atoms with Gasteiger partial charge in [0.15, 0.2) is 21.7 Å². The second kappa shape index (κ2) is 14.4. The van der Waals surface area contributed by atoms with E-state index in [0.29, 0.717) is 31.0 Å². The number of pyridine rings is 1. The summed E-state index contributed by atoms with van der Waals surface area (Å²) in [5, 5.41) is 2.14. The number of ether oxygens (including phenoxy) is 1. The largest absolute Gasteiger partial charge is 0.503 e. The van der Waals surface area contributed by atoms with Gasteiger partial charge in [0.1, 0.15) is 17.3 Å². The molecule has 1 atom stereocenters. The second-order valence-corrected chi connectivity index (χ2v) is 26.2. The topological polar surface area (TPSA) is 139 Å². The molecule has 0 saturated carbocycles. The summed E-state index contributed by atoms with van der Waals surface area (Å²) in [5.41, 5.74) is 1.97. The molecule has 0 amide bonds. The Balaban J connectivity index is 1.72. The lowest BCUT2D eigenvalue weighted by Crippen LogP contribution is -2.48. The van der Waals surface area contributed by atoms with Gasteiger partial charge in [-0.25, -0.2) is 18.4 Å². The van der Waals surface area contributed by atoms with Crippen molar-refractivity contribution in [3.05, 3.63) is 54.4 Å². The van der Waals surface area contributed by atoms with Crippen molar-refractivity contribution in [3.8, 4) is 11.5 Å². The fourth-order valence-corrected chi connectivity index (χ4v) is 7.03. The average Bonchev–Trinajstić information content (AvgIpc) is 2.93. The van der Waals surface area contributed by atoms with Gasteiger partial charge in [-0.1, -0.05) is 41.5 Å². The van der Waals surface area contributed by atoms with Crippen LogP contribution in [0.3, 0.4) is 0 Å². The van der Waals surface area contributed by atoms with Gasteiger partial charge in [0, 0.05) is 29.7 Å². The van der Waals surface area contributed by atoms with Gasteiger partial charge in [-0.2, -0.15) is 18.2 Å². The van der Waals surface area contributed by atoms with E-state index in [1.54, 1.807) is 24.3 Å². The van der Waals surface area contributed by atoms with Crippen LogP contribution in [0.1, 0.15) is 53.7 Å². The molecule has 0 aliphatic carbocycles. The van der Waals surface area contributed by atoms with Gasteiger partial charge in [0.2, 0.25) is 5.95 Å². The molecule has 2 heterocycles. The van der Waals surface area contributed by atoms with Crippen LogP contribution in [0.15, 0.2) is 53.7 Å². The van der Waals surface area contributed by atoms with Crippen molar-refractivity contribution >= 4 is 43.9 Å². The Morgan fingerprint density at radius 2 is 1.48 bits per heavy atom. The minimum absolute atomic E-state index is 0.0360. The number of halogens is 3. The number of alkyl halides is 3. The highest BCUT2D eigenvalue weighted by Crippen LogP contribution is 2.40. The molecular weight excluding hydrogens is 680 g/mol. The number of nitrogens with one attached hydrogen (secondary N) is 1. The summed E-state index contributed by atoms with van der Waals surface area (Å²) in [6.45, 7) is 22.7. The summed E-state index contributed by atoms with van der Waals surface area (Å²) < 4.78 is 81.2. The fourth-order valence-electron chi connectivity index (χ4n) is 3.92. The van der Waals surface area contributed by atoms with E-state index in [0.717, 1.165) is 18.0 Å². The molecule has 1 aromatic carbocycles. The summed E-state index contributed by atoms with van der Waals surface area (Å²) in [7, 11) is -9.70. The number of hydrogen-bond acceptors (Lipinski definition) is 10. The van der Waals surface area contributed by atoms with E-state index in [-0.39, 0.29) is 33.6 Å². The van der Waals surface area contributed by atoms with Gasteiger partial charge in [-0.15, -0.1) is 0 Å². The lowest BCUT2D eigenvalue weighted by Gasteiger charge is -2.41. The van der Waals surface area contributed by atoms with Crippen LogP contribution in [0.5, 0.6) is 11.5 Å². The van der Waals surface area contributed by atoms with E-state index < -0.39 is 37.0 Å². The van der Waals surface area contributed by atoms with Crippen LogP contribution >= 0.6 is 0 Å². The monoisotopic (exact) mass is 727 g/mol. The number of aryl methyl sites for hydroxylation is 1. The highest BCUT2D eigenvalue weighted by molar-refractivity contribution is 7.92. The smallest absolute Gasteiger partial charge is 0.457 e. The van der Waals surface area contributed by atoms with Crippen LogP contribution in [0.4, 0.5) is 30.6 Å². The Bertz CT molecular complexity index is 1660. The standard InChI is InChI=1S/C32H48F3N5O5SSi2/c1-30(2,3)47(7,8)43-21-26(45-48(9,10)31(4,5)6)16-13-23-19-27(40-29(36)39-23)38-22-11-14-24(15-12-22)44-25-17-18-37-28(20-25)46(41,42)32(33,34)35/h11-12,14-15,17-20,26H,13,16,21H2,1-10H3,(H3,36,38,39,40). The molecule has 0 aliphatic heterocycles. The fraction of sp³-hybridized carbons (Fsp3) is 0.531. The van der Waals surface area contributed by atoms with Crippen molar-refractivity contribution in [2.24, 2.45) is 0 Å². The molecule has 48 heavy (non-hydrogen) atoms. The second-order valence-electron chi connectivity index (χ2n) is 14.7. The zero-order chi connectivity index (χ0) is 36.3. The minimum atomic E-state index is -5.61. The third-order valence-electron chi connectivity index (χ3n) is 8.87. The van der Waals surface area contributed by atoms with Gasteiger partial charge in [0.25, 0.3) is 9.84 Å². The number of hydrogen-bond donors (Lipinski definition) is 2. The molecule has 0 fully saturated rings. The number of nitrogens with two attached hydrogens (primary N) is 1. The molecule has 0 aliphatic rings. The van der Waals surface area contributed by atoms with Crippen LogP contribution in [-0.4, -0.2) is 58.2 Å². The third kappa shape index (κ3) is 10.2. The molecule has 0 radical (unpaired) electrons. The van der Waals surface area contributed by atoms with Gasteiger partial charge < -0.3 is 24.6 Å². The molecule has 16 heteroatoms. The number of benzene rings is 1. The van der Waals surface area contributed by atoms with Crippen molar-refractivity contribution in [1.29, 1.82) is 0 Å². The SMILES string of the molecule is CC(C)(C)[Si](C)(C)OCC(CCc1cc(Nc2ccc(Oc3ccnc(S(=O)(=O)C(F)(F)F)c3)cc2)nc(N)n1)O[Si](C)(C)C(C)(C)C. The van der Waals surface area contributed by atoms with Gasteiger partial charge in [0.05, 0.1) is 12.7 Å². The highest BCUT2D eigenvalue weighted by Gasteiger charge is 2.48. The predicted molar refractivity (Wildman–Crippen MR) is 187 cm³/mol. The molecule has 3 aromatic rings. The van der Waals surface area contributed by atoms with Crippen molar-refractivity contribution in [3.63, 3.8) is 0 Å². The summed E-state index contributed by atoms with van der Waals surface area (Å²) in [5.74, 6) is 0.725. The first-order valence-electron chi connectivity index (χ1n) is 15.6. The van der Waals surface area contributed by atoms with E-state index >= 15 is 0 Å². The van der Waals surface area contributed by atoms with Crippen molar-refractivity contribution in [1.82, 2.24) is 15.0 Å². The predicted octanol–water partition coefficient (Wildman–Crippen LogP) is 8.63. The van der Waals surface area contributed by atoms with Crippen LogP contribution in [0.2, 0.25) is 36.3 Å². The number of anilines is 3. The molecule has 10 nitrogen and oxygen atoms in total. The number of rotatable bonds is 13. The molecule has 1 unspecified atom stereocenters. The lowest BCUT2D eigenvalue weighted by atomic mass is 10.1. The summed E-state index contributed by atoms with van der Waals surface area (Å²) in [6.07, 6.45) is 2.09. The maximum atomic E-state index is 12.9. The summed E-state index contributed by atoms with van der Waals surface area (Å²) in [4.78, 5) is 12.1. The highest BCUT2D eigenvalue weighted by atomic mass is 32.2. The molecule has 2 aromatic heterocycles. The summed E-state index contributed by atoms with van der Waals surface area (Å²) in [6, 6.07) is 10.3. The Morgan fingerprint density at radius 3 is 2.04 bits per heavy atom. The Labute approximate surface area is 284 Å². The normalized spacial score (nSPS) is 14.1. The quantitative estimate of drug-likeness (QED) is 0.165. The maximum absolute atomic E-state index is 12.9. The molecule has 3 N–H and O–H groups in total. The van der Waals surface area contributed by atoms with Crippen molar-refractivity contribution < 1.29 is 35.2 Å². The summed E-state index contributed by atoms with van der Waals surface area (Å²) >= 11 is 0. The van der Waals surface area contributed by atoms with Crippen LogP contribution in [0, 0.1) is 0 Å². The first-order chi connectivity index (χ1) is 21.8. The van der Waals surface area contributed by atoms with Gasteiger partial charge in [-0.3, -0.25) is 0 Å². The number of nitrogens with zero attached hydrogens (tertiary/aromatic N) is 3. The van der Waals surface area contributed by atoms with E-state index in [4.69, 9.17) is 19.3 Å². The molecule has 266 valence electrons. The Hall–Kier alpha value is -3.06. The van der Waals surface area contributed by atoms with E-state index in [1.807, 2.05) is 6.07 Å². The zero-order valence-corrected chi connectivity index (χ0v) is 32.1. The van der Waals surface area contributed by atoms with Crippen molar-refractivity contribution in [2.45, 2.75) is 107 Å². The van der Waals surface area contributed by atoms with Gasteiger partial charge in [-0.05, 0) is 79.4 Å². The molecule has 0 spiro atoms. The minimum Gasteiger partial charge on any atom is -0.457 e. The maximum Gasteiger partial charge on any atom is 0.503 e. The Morgan fingerprint density at radius 1 is 0.875 bits per heavy atom. The van der Waals surface area contributed by atoms with E-state index in [2.05, 4.69) is 88.0 Å². The van der Waals surface area contributed by atoms with Gasteiger partial charge >= 0.3 is 5.51 Å². The van der Waals surface area contributed by atoms with Crippen molar-refractivity contribution in [2.75, 3.05) is 17.7 Å². The van der Waals surface area contributed by atoms with Crippen LogP contribution < -0.4 is 15.8 Å². The first kappa shape index (κ1) is 39.4. The number of sulfone groups is 1. The van der Waals surface area contributed by atoms with Crippen LogP contribution in [-0.2, 0) is 25.1 Å². The first-order valence-corrected chi connectivity index (χ1v) is 22.9. The molecular formula is C32H48F3N5O5SSi2. The Kier molecular flexibility index (Phi) is 11.8. The third-order valence-corrected chi connectivity index (χ3v) is 19.3. The number of aromatic nitrogens is 3. The number of nitrogen functional groups attached to an aromatic ring is 1. The zero-order valence-electron chi connectivity index (χ0n) is 29.3. The molecule has 3 rings (SSSR count). The van der Waals surface area contributed by atoms with Crippen LogP contribution in [0.25, 0.3) is 0 Å².